The molecule has 174 valence electrons. The van der Waals surface area contributed by atoms with Gasteiger partial charge in [-0.15, -0.1) is 13.2 Å². The summed E-state index contributed by atoms with van der Waals surface area (Å²) in [6, 6.07) is 9.36. The van der Waals surface area contributed by atoms with Gasteiger partial charge in [-0.05, 0) is 78.1 Å². The molecule has 7 heteroatoms. The van der Waals surface area contributed by atoms with Crippen molar-refractivity contribution in [2.45, 2.75) is 45.4 Å². The number of Topliss-reactive ketones (excluding diaryl/α,β-unsaturated/α-hetero) is 2. The predicted molar refractivity (Wildman–Crippen MR) is 117 cm³/mol. The van der Waals surface area contributed by atoms with Gasteiger partial charge in [0.15, 0.2) is 11.6 Å². The van der Waals surface area contributed by atoms with Crippen molar-refractivity contribution in [3.05, 3.63) is 64.7 Å². The largest absolute Gasteiger partial charge is 0.573 e. The van der Waals surface area contributed by atoms with E-state index in [9.17, 15) is 22.8 Å². The summed E-state index contributed by atoms with van der Waals surface area (Å²) in [5.74, 6) is -1.04. The standard InChI is InChI=1S/C26H25F3O4/c1-15-11-19(18-3-5-21(6-4-18)33-26(27,28)29)12-16(2)23(15)24-22(30)14-20(25(24)31)13-17-7-9-32-10-8-17/h3-6,11-13,17,24H,7-10,14H2,1-2H3. The second-order valence-electron chi connectivity index (χ2n) is 8.68. The molecule has 0 bridgehead atoms. The predicted octanol–water partition coefficient (Wildman–Crippen LogP) is 5.85. The first-order valence-corrected chi connectivity index (χ1v) is 10.9. The number of hydrogen-bond acceptors (Lipinski definition) is 4. The Balaban J connectivity index is 1.59. The number of allylic oxidation sites excluding steroid dienone is 2. The van der Waals surface area contributed by atoms with Gasteiger partial charge in [-0.3, -0.25) is 9.59 Å². The number of halogens is 3. The fourth-order valence-electron chi connectivity index (χ4n) is 4.75. The Morgan fingerprint density at radius 1 is 0.970 bits per heavy atom. The zero-order valence-electron chi connectivity index (χ0n) is 18.5. The molecule has 2 aromatic rings. The molecule has 1 saturated carbocycles. The van der Waals surface area contributed by atoms with Gasteiger partial charge in [0.05, 0.1) is 0 Å². The maximum Gasteiger partial charge on any atom is 0.573 e. The van der Waals surface area contributed by atoms with Crippen molar-refractivity contribution in [3.63, 3.8) is 0 Å². The molecule has 0 aromatic heterocycles. The summed E-state index contributed by atoms with van der Waals surface area (Å²) in [5, 5.41) is 0. The van der Waals surface area contributed by atoms with Gasteiger partial charge in [-0.1, -0.05) is 30.3 Å². The molecule has 4 nitrogen and oxygen atoms in total. The third kappa shape index (κ3) is 5.19. The number of rotatable bonds is 4. The molecule has 4 rings (SSSR count). The molecule has 1 unspecified atom stereocenters. The fourth-order valence-corrected chi connectivity index (χ4v) is 4.75. The van der Waals surface area contributed by atoms with E-state index in [4.69, 9.17) is 4.74 Å². The molecule has 1 atom stereocenters. The number of carbonyl (C=O) groups excluding carboxylic acids is 2. The van der Waals surface area contributed by atoms with Crippen molar-refractivity contribution in [1.82, 2.24) is 0 Å². The summed E-state index contributed by atoms with van der Waals surface area (Å²) in [4.78, 5) is 26.0. The lowest BCUT2D eigenvalue weighted by atomic mass is 9.85. The number of aryl methyl sites for hydroxylation is 2. The van der Waals surface area contributed by atoms with Gasteiger partial charge in [-0.2, -0.15) is 0 Å². The number of alkyl halides is 3. The van der Waals surface area contributed by atoms with E-state index in [-0.39, 0.29) is 29.7 Å². The molecule has 1 aliphatic carbocycles. The summed E-state index contributed by atoms with van der Waals surface area (Å²) in [6.45, 7) is 5.05. The van der Waals surface area contributed by atoms with Crippen molar-refractivity contribution in [1.29, 1.82) is 0 Å². The molecule has 2 fully saturated rings. The lowest BCUT2D eigenvalue weighted by Gasteiger charge is -2.19. The highest BCUT2D eigenvalue weighted by molar-refractivity contribution is 6.23. The minimum absolute atomic E-state index is 0.0917. The summed E-state index contributed by atoms with van der Waals surface area (Å²) in [5.41, 5.74) is 4.44. The smallest absolute Gasteiger partial charge is 0.406 e. The molecule has 0 amide bonds. The van der Waals surface area contributed by atoms with Crippen molar-refractivity contribution >= 4 is 11.6 Å². The molecule has 1 heterocycles. The lowest BCUT2D eigenvalue weighted by Crippen LogP contribution is -2.17. The van der Waals surface area contributed by atoms with Crippen LogP contribution in [0.15, 0.2) is 48.0 Å². The first-order valence-electron chi connectivity index (χ1n) is 10.9. The molecule has 2 aromatic carbocycles. The van der Waals surface area contributed by atoms with Gasteiger partial charge in [0.1, 0.15) is 11.7 Å². The quantitative estimate of drug-likeness (QED) is 0.426. The Morgan fingerprint density at radius 3 is 2.15 bits per heavy atom. The molecule has 0 radical (unpaired) electrons. The van der Waals surface area contributed by atoms with Crippen LogP contribution in [-0.2, 0) is 14.3 Å². The van der Waals surface area contributed by atoms with Crippen LogP contribution in [0.3, 0.4) is 0 Å². The van der Waals surface area contributed by atoms with E-state index in [1.54, 1.807) is 12.1 Å². The monoisotopic (exact) mass is 458 g/mol. The van der Waals surface area contributed by atoms with Gasteiger partial charge in [0.2, 0.25) is 0 Å². The average molecular weight is 458 g/mol. The van der Waals surface area contributed by atoms with Gasteiger partial charge in [0.25, 0.3) is 0 Å². The molecule has 33 heavy (non-hydrogen) atoms. The Hall–Kier alpha value is -2.93. The Bertz CT molecular complexity index is 1070. The normalized spacial score (nSPS) is 21.1. The van der Waals surface area contributed by atoms with Crippen LogP contribution in [0.5, 0.6) is 5.75 Å². The number of benzene rings is 2. The highest BCUT2D eigenvalue weighted by Crippen LogP contribution is 2.38. The molecule has 1 saturated heterocycles. The van der Waals surface area contributed by atoms with Gasteiger partial charge < -0.3 is 9.47 Å². The van der Waals surface area contributed by atoms with E-state index in [1.165, 1.54) is 12.1 Å². The maximum absolute atomic E-state index is 13.2. The fraction of sp³-hybridized carbons (Fsp3) is 0.385. The van der Waals surface area contributed by atoms with Crippen LogP contribution >= 0.6 is 0 Å². The Kier molecular flexibility index (Phi) is 6.43. The van der Waals surface area contributed by atoms with E-state index < -0.39 is 12.3 Å². The Labute approximate surface area is 190 Å². The zero-order valence-corrected chi connectivity index (χ0v) is 18.5. The van der Waals surface area contributed by atoms with E-state index in [1.807, 2.05) is 32.1 Å². The van der Waals surface area contributed by atoms with E-state index in [2.05, 4.69) is 4.74 Å². The lowest BCUT2D eigenvalue weighted by molar-refractivity contribution is -0.274. The molecule has 0 spiro atoms. The average Bonchev–Trinajstić information content (AvgIpc) is 3.01. The molecule has 2 aliphatic rings. The van der Waals surface area contributed by atoms with Crippen LogP contribution in [0.4, 0.5) is 13.2 Å². The molecule has 0 N–H and O–H groups in total. The second kappa shape index (κ2) is 9.14. The summed E-state index contributed by atoms with van der Waals surface area (Å²) in [6.07, 6.45) is -0.909. The van der Waals surface area contributed by atoms with Crippen molar-refractivity contribution in [3.8, 4) is 16.9 Å². The third-order valence-electron chi connectivity index (χ3n) is 6.27. The summed E-state index contributed by atoms with van der Waals surface area (Å²) in [7, 11) is 0. The number of carbonyl (C=O) groups is 2. The summed E-state index contributed by atoms with van der Waals surface area (Å²) >= 11 is 0. The minimum Gasteiger partial charge on any atom is -0.406 e. The maximum atomic E-state index is 13.2. The van der Waals surface area contributed by atoms with Gasteiger partial charge in [0, 0.05) is 19.6 Å². The van der Waals surface area contributed by atoms with Crippen LogP contribution in [0.2, 0.25) is 0 Å². The van der Waals surface area contributed by atoms with Crippen LogP contribution in [-0.4, -0.2) is 31.1 Å². The minimum atomic E-state index is -4.74. The van der Waals surface area contributed by atoms with Crippen LogP contribution in [0.25, 0.3) is 11.1 Å². The molecular weight excluding hydrogens is 433 g/mol. The van der Waals surface area contributed by atoms with Crippen molar-refractivity contribution in [2.24, 2.45) is 5.92 Å². The van der Waals surface area contributed by atoms with E-state index in [0.29, 0.717) is 24.4 Å². The van der Waals surface area contributed by atoms with Gasteiger partial charge >= 0.3 is 6.36 Å². The van der Waals surface area contributed by atoms with Crippen LogP contribution < -0.4 is 4.74 Å². The Morgan fingerprint density at radius 2 is 1.58 bits per heavy atom. The first kappa shape index (κ1) is 23.2. The van der Waals surface area contributed by atoms with Crippen LogP contribution in [0, 0.1) is 19.8 Å². The van der Waals surface area contributed by atoms with Gasteiger partial charge in [-0.25, -0.2) is 0 Å². The molecular formula is C26H25F3O4. The van der Waals surface area contributed by atoms with Crippen LogP contribution in [0.1, 0.15) is 41.9 Å². The SMILES string of the molecule is Cc1cc(-c2ccc(OC(F)(F)F)cc2)cc(C)c1C1C(=O)CC(=CC2CCOCC2)C1=O. The van der Waals surface area contributed by atoms with Crippen molar-refractivity contribution in [2.75, 3.05) is 13.2 Å². The molecule has 1 aliphatic heterocycles. The number of ether oxygens (including phenoxy) is 2. The summed E-state index contributed by atoms with van der Waals surface area (Å²) < 4.78 is 46.5. The second-order valence-corrected chi connectivity index (χ2v) is 8.68. The van der Waals surface area contributed by atoms with E-state index >= 15 is 0 Å². The van der Waals surface area contributed by atoms with Crippen molar-refractivity contribution < 1.29 is 32.2 Å². The topological polar surface area (TPSA) is 52.6 Å². The number of hydrogen-bond donors (Lipinski definition) is 0. The first-order chi connectivity index (χ1) is 15.6. The highest BCUT2D eigenvalue weighted by Gasteiger charge is 2.40. The number of ketones is 2. The third-order valence-corrected chi connectivity index (χ3v) is 6.27. The highest BCUT2D eigenvalue weighted by atomic mass is 19.4. The van der Waals surface area contributed by atoms with E-state index in [0.717, 1.165) is 35.1 Å². The zero-order chi connectivity index (χ0) is 23.8.